The van der Waals surface area contributed by atoms with Crippen LogP contribution in [0.25, 0.3) is 0 Å². The fourth-order valence-corrected chi connectivity index (χ4v) is 2.32. The molecule has 1 nitrogen and oxygen atoms in total. The third-order valence-corrected chi connectivity index (χ3v) is 3.34. The van der Waals surface area contributed by atoms with E-state index in [1.165, 1.54) is 12.1 Å². The lowest BCUT2D eigenvalue weighted by molar-refractivity contribution is -0.137. The molecule has 1 aromatic carbocycles. The summed E-state index contributed by atoms with van der Waals surface area (Å²) in [6, 6.07) is 5.70. The first-order valence-corrected chi connectivity index (χ1v) is 6.48. The van der Waals surface area contributed by atoms with Crippen molar-refractivity contribution in [2.24, 2.45) is 5.41 Å². The molecule has 0 spiro atoms. The van der Waals surface area contributed by atoms with Crippen molar-refractivity contribution in [3.05, 3.63) is 35.4 Å². The van der Waals surface area contributed by atoms with Gasteiger partial charge in [0, 0.05) is 0 Å². The molecule has 0 aliphatic heterocycles. The Morgan fingerprint density at radius 2 is 1.79 bits per heavy atom. The van der Waals surface area contributed by atoms with E-state index >= 15 is 0 Å². The van der Waals surface area contributed by atoms with Crippen molar-refractivity contribution < 1.29 is 13.2 Å². The minimum Gasteiger partial charge on any atom is -0.320 e. The van der Waals surface area contributed by atoms with Gasteiger partial charge in [0.15, 0.2) is 0 Å². The molecule has 0 saturated heterocycles. The molecule has 0 aliphatic carbocycles. The van der Waals surface area contributed by atoms with Crippen LogP contribution in [0.15, 0.2) is 24.3 Å². The van der Waals surface area contributed by atoms with Gasteiger partial charge in [0.25, 0.3) is 0 Å². The molecule has 1 aromatic rings. The van der Waals surface area contributed by atoms with E-state index in [0.717, 1.165) is 24.6 Å². The van der Waals surface area contributed by atoms with Crippen molar-refractivity contribution in [2.75, 3.05) is 13.6 Å². The molecule has 1 N–H and O–H groups in total. The van der Waals surface area contributed by atoms with Gasteiger partial charge in [-0.1, -0.05) is 39.0 Å². The highest BCUT2D eigenvalue weighted by Gasteiger charge is 2.32. The second-order valence-electron chi connectivity index (χ2n) is 5.93. The second kappa shape index (κ2) is 5.95. The van der Waals surface area contributed by atoms with E-state index in [1.807, 2.05) is 7.05 Å². The molecule has 4 heteroatoms. The van der Waals surface area contributed by atoms with Crippen LogP contribution in [0, 0.1) is 5.41 Å². The molecule has 1 unspecified atom stereocenters. The zero-order valence-corrected chi connectivity index (χ0v) is 11.9. The van der Waals surface area contributed by atoms with Gasteiger partial charge in [0.05, 0.1) is 5.56 Å². The van der Waals surface area contributed by atoms with Gasteiger partial charge in [0.1, 0.15) is 0 Å². The first kappa shape index (κ1) is 16.0. The molecule has 0 amide bonds. The van der Waals surface area contributed by atoms with Gasteiger partial charge in [-0.3, -0.25) is 0 Å². The van der Waals surface area contributed by atoms with Gasteiger partial charge in [-0.25, -0.2) is 0 Å². The summed E-state index contributed by atoms with van der Waals surface area (Å²) in [4.78, 5) is 0. The van der Waals surface area contributed by atoms with E-state index < -0.39 is 11.7 Å². The summed E-state index contributed by atoms with van der Waals surface area (Å²) in [5.74, 6) is 0.0993. The lowest BCUT2D eigenvalue weighted by atomic mass is 9.74. The Balaban J connectivity index is 3.09. The molecule has 1 rings (SSSR count). The van der Waals surface area contributed by atoms with Crippen molar-refractivity contribution >= 4 is 0 Å². The van der Waals surface area contributed by atoms with Gasteiger partial charge in [-0.05, 0) is 43.0 Å². The van der Waals surface area contributed by atoms with Crippen molar-refractivity contribution in [2.45, 2.75) is 39.3 Å². The molecule has 0 bridgehead atoms. The summed E-state index contributed by atoms with van der Waals surface area (Å²) in [6.45, 7) is 6.98. The molecule has 0 saturated carbocycles. The van der Waals surface area contributed by atoms with Crippen LogP contribution in [-0.2, 0) is 6.18 Å². The minimum absolute atomic E-state index is 0.0684. The Bertz CT molecular complexity index is 405. The monoisotopic (exact) mass is 273 g/mol. The van der Waals surface area contributed by atoms with Crippen molar-refractivity contribution in [1.29, 1.82) is 0 Å². The number of hydrogen-bond donors (Lipinski definition) is 1. The average Bonchev–Trinajstić information content (AvgIpc) is 2.27. The van der Waals surface area contributed by atoms with E-state index in [1.54, 1.807) is 6.07 Å². The van der Waals surface area contributed by atoms with Crippen LogP contribution in [0.3, 0.4) is 0 Å². The predicted octanol–water partition coefficient (Wildman–Crippen LogP) is 4.44. The molecule has 1 atom stereocenters. The molecule has 0 heterocycles. The minimum atomic E-state index is -4.28. The van der Waals surface area contributed by atoms with Crippen molar-refractivity contribution in [3.63, 3.8) is 0 Å². The number of benzene rings is 1. The van der Waals surface area contributed by atoms with Gasteiger partial charge in [-0.15, -0.1) is 0 Å². The third kappa shape index (κ3) is 4.53. The zero-order chi connectivity index (χ0) is 14.7. The summed E-state index contributed by atoms with van der Waals surface area (Å²) in [5.41, 5.74) is 0.127. The van der Waals surface area contributed by atoms with Crippen LogP contribution in [0.2, 0.25) is 0 Å². The molecule has 0 aliphatic rings. The van der Waals surface area contributed by atoms with E-state index in [0.29, 0.717) is 0 Å². The number of nitrogens with one attached hydrogen (secondary N) is 1. The van der Waals surface area contributed by atoms with Crippen LogP contribution in [0.4, 0.5) is 13.2 Å². The lowest BCUT2D eigenvalue weighted by Gasteiger charge is -2.31. The van der Waals surface area contributed by atoms with Crippen LogP contribution >= 0.6 is 0 Å². The highest BCUT2D eigenvalue weighted by atomic mass is 19.4. The predicted molar refractivity (Wildman–Crippen MR) is 72.2 cm³/mol. The second-order valence-corrected chi connectivity index (χ2v) is 5.93. The number of hydrogen-bond acceptors (Lipinski definition) is 1. The summed E-state index contributed by atoms with van der Waals surface area (Å²) < 4.78 is 38.3. The maximum atomic E-state index is 12.8. The van der Waals surface area contributed by atoms with E-state index in [9.17, 15) is 13.2 Å². The van der Waals surface area contributed by atoms with Crippen molar-refractivity contribution in [1.82, 2.24) is 5.32 Å². The summed E-state index contributed by atoms with van der Waals surface area (Å²) in [7, 11) is 1.85. The van der Waals surface area contributed by atoms with Gasteiger partial charge in [-0.2, -0.15) is 13.2 Å². The molecule has 0 radical (unpaired) electrons. The molecule has 108 valence electrons. The van der Waals surface area contributed by atoms with Crippen molar-refractivity contribution in [3.8, 4) is 0 Å². The van der Waals surface area contributed by atoms with Crippen LogP contribution < -0.4 is 5.32 Å². The number of rotatable bonds is 4. The first-order chi connectivity index (χ1) is 8.66. The third-order valence-electron chi connectivity index (χ3n) is 3.34. The summed E-state index contributed by atoms with van der Waals surface area (Å²) in [6.07, 6.45) is -3.46. The highest BCUT2D eigenvalue weighted by Crippen LogP contribution is 2.39. The largest absolute Gasteiger partial charge is 0.416 e. The quantitative estimate of drug-likeness (QED) is 0.855. The maximum Gasteiger partial charge on any atom is 0.416 e. The van der Waals surface area contributed by atoms with E-state index in [4.69, 9.17) is 0 Å². The Kier molecular flexibility index (Phi) is 5.02. The zero-order valence-electron chi connectivity index (χ0n) is 11.9. The smallest absolute Gasteiger partial charge is 0.320 e. The van der Waals surface area contributed by atoms with Gasteiger partial charge in [0.2, 0.25) is 0 Å². The molecule has 19 heavy (non-hydrogen) atoms. The SMILES string of the molecule is CNCCC(c1cccc(C(F)(F)F)c1)C(C)(C)C. The Hall–Kier alpha value is -1.03. The molecule has 0 fully saturated rings. The number of halogens is 3. The Morgan fingerprint density at radius 1 is 1.16 bits per heavy atom. The standard InChI is InChI=1S/C15H22F3N/c1-14(2,3)13(8-9-19-4)11-6-5-7-12(10-11)15(16,17)18/h5-7,10,13,19H,8-9H2,1-4H3. The van der Waals surface area contributed by atoms with E-state index in [-0.39, 0.29) is 11.3 Å². The van der Waals surface area contributed by atoms with Gasteiger partial charge >= 0.3 is 6.18 Å². The normalized spacial score (nSPS) is 14.5. The number of alkyl halides is 3. The Morgan fingerprint density at radius 3 is 2.26 bits per heavy atom. The lowest BCUT2D eigenvalue weighted by Crippen LogP contribution is -2.23. The fraction of sp³-hybridized carbons (Fsp3) is 0.600. The Labute approximate surface area is 113 Å². The highest BCUT2D eigenvalue weighted by molar-refractivity contribution is 5.29. The average molecular weight is 273 g/mol. The van der Waals surface area contributed by atoms with Crippen LogP contribution in [0.5, 0.6) is 0 Å². The first-order valence-electron chi connectivity index (χ1n) is 6.48. The van der Waals surface area contributed by atoms with Crippen LogP contribution in [-0.4, -0.2) is 13.6 Å². The van der Waals surface area contributed by atoms with Gasteiger partial charge < -0.3 is 5.32 Å². The molecular weight excluding hydrogens is 251 g/mol. The van der Waals surface area contributed by atoms with E-state index in [2.05, 4.69) is 26.1 Å². The topological polar surface area (TPSA) is 12.0 Å². The molecule has 0 aromatic heterocycles. The summed E-state index contributed by atoms with van der Waals surface area (Å²) in [5, 5.41) is 3.06. The fourth-order valence-electron chi connectivity index (χ4n) is 2.32. The van der Waals surface area contributed by atoms with Crippen LogP contribution in [0.1, 0.15) is 44.2 Å². The molecular formula is C15H22F3N. The maximum absolute atomic E-state index is 12.8. The summed E-state index contributed by atoms with van der Waals surface area (Å²) >= 11 is 0.